The van der Waals surface area contributed by atoms with Gasteiger partial charge >= 0.3 is 6.09 Å². The number of ether oxygens (including phenoxy) is 1. The highest BCUT2D eigenvalue weighted by Gasteiger charge is 2.46. The largest absolute Gasteiger partial charge is 0.449 e. The molecule has 2 aromatic rings. The third-order valence-electron chi connectivity index (χ3n) is 7.86. The first-order valence-electron chi connectivity index (χ1n) is 14.0. The number of imide groups is 2. The molecule has 2 N–H and O–H groups in total. The van der Waals surface area contributed by atoms with Crippen LogP contribution in [0.1, 0.15) is 71.7 Å². The Bertz CT molecular complexity index is 1320. The molecule has 3 aliphatic rings. The molecule has 1 atom stereocenters. The number of hydrogen-bond donors (Lipinski definition) is 2. The Morgan fingerprint density at radius 1 is 1.00 bits per heavy atom. The van der Waals surface area contributed by atoms with Crippen LogP contribution in [0.3, 0.4) is 0 Å². The van der Waals surface area contributed by atoms with Crippen LogP contribution in [0.4, 0.5) is 16.2 Å². The van der Waals surface area contributed by atoms with E-state index in [4.69, 9.17) is 4.74 Å². The highest BCUT2D eigenvalue weighted by atomic mass is 16.5. The molecule has 2 fully saturated rings. The molecule has 3 aliphatic heterocycles. The summed E-state index contributed by atoms with van der Waals surface area (Å²) in [5.74, 6) is -1.50. The van der Waals surface area contributed by atoms with Gasteiger partial charge in [0.15, 0.2) is 0 Å². The van der Waals surface area contributed by atoms with Crippen molar-refractivity contribution in [1.29, 1.82) is 0 Å². The van der Waals surface area contributed by atoms with Gasteiger partial charge in [0, 0.05) is 25.2 Å². The average Bonchev–Trinajstić information content (AvgIpc) is 3.20. The number of carbonyl (C=O) groups is 5. The molecule has 0 aliphatic carbocycles. The molecular weight excluding hydrogens is 512 g/mol. The molecule has 3 heterocycles. The lowest BCUT2D eigenvalue weighted by atomic mass is 9.89. The summed E-state index contributed by atoms with van der Waals surface area (Å²) in [6.07, 6.45) is 4.34. The van der Waals surface area contributed by atoms with Gasteiger partial charge in [-0.1, -0.05) is 31.5 Å². The summed E-state index contributed by atoms with van der Waals surface area (Å²) in [7, 11) is 0. The molecule has 1 unspecified atom stereocenters. The minimum absolute atomic E-state index is 0.0923. The number of unbranched alkanes of at least 4 members (excludes halogenated alkanes) is 1. The zero-order valence-corrected chi connectivity index (χ0v) is 22.6. The fraction of sp³-hybridized carbons (Fsp3) is 0.433. The van der Waals surface area contributed by atoms with Crippen LogP contribution in [0.5, 0.6) is 0 Å². The van der Waals surface area contributed by atoms with Crippen molar-refractivity contribution in [3.05, 3.63) is 59.2 Å². The van der Waals surface area contributed by atoms with E-state index in [1.807, 2.05) is 37.3 Å². The van der Waals surface area contributed by atoms with Crippen LogP contribution in [0.25, 0.3) is 0 Å². The van der Waals surface area contributed by atoms with Gasteiger partial charge in [0.2, 0.25) is 11.8 Å². The second-order valence-corrected chi connectivity index (χ2v) is 10.6. The van der Waals surface area contributed by atoms with Gasteiger partial charge in [-0.05, 0) is 67.9 Å². The second kappa shape index (κ2) is 11.9. The zero-order valence-electron chi connectivity index (χ0n) is 22.6. The maximum Gasteiger partial charge on any atom is 0.411 e. The van der Waals surface area contributed by atoms with Crippen molar-refractivity contribution < 1.29 is 28.7 Å². The molecule has 40 heavy (non-hydrogen) atoms. The van der Waals surface area contributed by atoms with E-state index in [-0.39, 0.29) is 12.8 Å². The third-order valence-corrected chi connectivity index (χ3v) is 7.86. The smallest absolute Gasteiger partial charge is 0.411 e. The molecule has 2 aromatic carbocycles. The molecular formula is C30H34N4O6. The first-order chi connectivity index (χ1) is 19.4. The lowest BCUT2D eigenvalue weighted by Gasteiger charge is -2.34. The highest BCUT2D eigenvalue weighted by molar-refractivity contribution is 6.25. The number of hydrogen-bond acceptors (Lipinski definition) is 7. The van der Waals surface area contributed by atoms with Crippen LogP contribution in [-0.2, 0) is 20.7 Å². The normalized spacial score (nSPS) is 19.5. The second-order valence-electron chi connectivity index (χ2n) is 10.6. The van der Waals surface area contributed by atoms with Crippen molar-refractivity contribution in [2.24, 2.45) is 5.92 Å². The molecule has 10 heteroatoms. The number of carbonyl (C=O) groups excluding carboxylic acids is 5. The van der Waals surface area contributed by atoms with Crippen LogP contribution in [0, 0.1) is 5.92 Å². The minimum atomic E-state index is -0.975. The molecule has 0 spiro atoms. The number of rotatable bonds is 8. The minimum Gasteiger partial charge on any atom is -0.449 e. The Kier molecular flexibility index (Phi) is 8.14. The van der Waals surface area contributed by atoms with Crippen LogP contribution >= 0.6 is 0 Å². The number of amides is 5. The van der Waals surface area contributed by atoms with Crippen LogP contribution in [0.2, 0.25) is 0 Å². The van der Waals surface area contributed by atoms with Crippen LogP contribution in [-0.4, -0.2) is 60.4 Å². The summed E-state index contributed by atoms with van der Waals surface area (Å²) in [4.78, 5) is 65.6. The Hall–Kier alpha value is -4.21. The number of nitrogens with one attached hydrogen (secondary N) is 2. The van der Waals surface area contributed by atoms with Gasteiger partial charge < -0.3 is 9.64 Å². The molecule has 0 radical (unpaired) electrons. The predicted molar refractivity (Wildman–Crippen MR) is 148 cm³/mol. The van der Waals surface area contributed by atoms with E-state index in [0.29, 0.717) is 35.0 Å². The highest BCUT2D eigenvalue weighted by Crippen LogP contribution is 2.36. The van der Waals surface area contributed by atoms with Crippen LogP contribution < -0.4 is 15.5 Å². The van der Waals surface area contributed by atoms with Crippen molar-refractivity contribution in [2.75, 3.05) is 29.9 Å². The average molecular weight is 547 g/mol. The third kappa shape index (κ3) is 5.71. The van der Waals surface area contributed by atoms with Crippen molar-refractivity contribution in [3.63, 3.8) is 0 Å². The molecule has 0 aromatic heterocycles. The fourth-order valence-corrected chi connectivity index (χ4v) is 5.66. The number of nitrogens with zero attached hydrogens (tertiary/aromatic N) is 2. The van der Waals surface area contributed by atoms with Gasteiger partial charge in [-0.15, -0.1) is 0 Å². The maximum absolute atomic E-state index is 13.4. The number of piperidine rings is 2. The van der Waals surface area contributed by atoms with Crippen molar-refractivity contribution in [1.82, 2.24) is 10.2 Å². The van der Waals surface area contributed by atoms with Gasteiger partial charge in [-0.3, -0.25) is 34.7 Å². The summed E-state index contributed by atoms with van der Waals surface area (Å²) in [5.41, 5.74) is 3.24. The summed E-state index contributed by atoms with van der Waals surface area (Å²) < 4.78 is 5.14. The molecule has 10 nitrogen and oxygen atoms in total. The summed E-state index contributed by atoms with van der Waals surface area (Å²) in [5, 5.41) is 4.99. The predicted octanol–water partition coefficient (Wildman–Crippen LogP) is 3.90. The van der Waals surface area contributed by atoms with Gasteiger partial charge in [-0.25, -0.2) is 4.79 Å². The number of benzene rings is 2. The monoisotopic (exact) mass is 546 g/mol. The van der Waals surface area contributed by atoms with Crippen LogP contribution in [0.15, 0.2) is 42.5 Å². The van der Waals surface area contributed by atoms with E-state index in [9.17, 15) is 24.0 Å². The lowest BCUT2D eigenvalue weighted by molar-refractivity contribution is -0.136. The molecule has 5 rings (SSSR count). The van der Waals surface area contributed by atoms with Gasteiger partial charge in [0.1, 0.15) is 6.04 Å². The Morgan fingerprint density at radius 3 is 2.45 bits per heavy atom. The topological polar surface area (TPSA) is 125 Å². The van der Waals surface area contributed by atoms with E-state index in [0.717, 1.165) is 50.1 Å². The fourth-order valence-electron chi connectivity index (χ4n) is 5.66. The maximum atomic E-state index is 13.4. The number of anilines is 2. The van der Waals surface area contributed by atoms with E-state index in [1.165, 1.54) is 5.56 Å². The first-order valence-corrected chi connectivity index (χ1v) is 14.0. The van der Waals surface area contributed by atoms with E-state index in [2.05, 4.69) is 15.5 Å². The summed E-state index contributed by atoms with van der Waals surface area (Å²) >= 11 is 0. The molecule has 0 saturated carbocycles. The quantitative estimate of drug-likeness (QED) is 0.380. The molecule has 0 bridgehead atoms. The molecule has 5 amide bonds. The van der Waals surface area contributed by atoms with E-state index in [1.54, 1.807) is 12.1 Å². The standard InChI is InChI=1S/C30H34N4O6/c1-2-3-17-40-30(39)31-21-9-7-19(8-10-21)18-20-13-15-33(16-14-20)23-6-4-5-22-26(23)29(38)34(28(22)37)24-11-12-25(35)32-27(24)36/h4-10,20,24H,2-3,11-18H2,1H3,(H,31,39)(H,32,35,36). The Morgan fingerprint density at radius 2 is 1.75 bits per heavy atom. The molecule has 2 saturated heterocycles. The molecule has 210 valence electrons. The lowest BCUT2D eigenvalue weighted by Crippen LogP contribution is -2.54. The van der Waals surface area contributed by atoms with Gasteiger partial charge in [0.05, 0.1) is 23.4 Å². The SMILES string of the molecule is CCCCOC(=O)Nc1ccc(CC2CCN(c3cccc4c3C(=O)N(C3CCC(=O)NC3=O)C4=O)CC2)cc1. The Labute approximate surface area is 233 Å². The van der Waals surface area contributed by atoms with Gasteiger partial charge in [-0.2, -0.15) is 0 Å². The zero-order chi connectivity index (χ0) is 28.2. The van der Waals surface area contributed by atoms with Crippen molar-refractivity contribution in [3.8, 4) is 0 Å². The van der Waals surface area contributed by atoms with E-state index < -0.39 is 35.8 Å². The Balaban J connectivity index is 1.18. The first kappa shape index (κ1) is 27.4. The summed E-state index contributed by atoms with van der Waals surface area (Å²) in [6.45, 7) is 3.93. The van der Waals surface area contributed by atoms with Crippen molar-refractivity contribution >= 4 is 41.1 Å². The van der Waals surface area contributed by atoms with Crippen molar-refractivity contribution in [2.45, 2.75) is 57.9 Å². The summed E-state index contributed by atoms with van der Waals surface area (Å²) in [6, 6.07) is 12.1. The van der Waals surface area contributed by atoms with Gasteiger partial charge in [0.25, 0.3) is 11.8 Å². The van der Waals surface area contributed by atoms with E-state index >= 15 is 0 Å². The number of fused-ring (bicyclic) bond motifs is 1.